The molecule has 4 nitrogen and oxygen atoms in total. The third-order valence-electron chi connectivity index (χ3n) is 2.76. The zero-order valence-electron chi connectivity index (χ0n) is 9.95. The van der Waals surface area contributed by atoms with E-state index in [0.29, 0.717) is 10.6 Å². The van der Waals surface area contributed by atoms with Crippen LogP contribution in [0.5, 0.6) is 0 Å². The zero-order chi connectivity index (χ0) is 14.3. The van der Waals surface area contributed by atoms with Crippen molar-refractivity contribution >= 4 is 47.6 Å². The maximum absolute atomic E-state index is 11.2. The maximum atomic E-state index is 11.2. The molecule has 7 heteroatoms. The van der Waals surface area contributed by atoms with E-state index >= 15 is 0 Å². The fourth-order valence-corrected chi connectivity index (χ4v) is 3.88. The van der Waals surface area contributed by atoms with Crippen molar-refractivity contribution in [2.45, 2.75) is 4.90 Å². The zero-order valence-corrected chi connectivity index (χ0v) is 13.2. The van der Waals surface area contributed by atoms with Gasteiger partial charge in [-0.2, -0.15) is 8.42 Å². The molecule has 3 rings (SSSR count). The van der Waals surface area contributed by atoms with Crippen LogP contribution in [-0.4, -0.2) is 18.0 Å². The molecule has 0 spiro atoms. The summed E-state index contributed by atoms with van der Waals surface area (Å²) in [5.41, 5.74) is 1.50. The number of benzene rings is 2. The molecule has 0 saturated heterocycles. The first-order chi connectivity index (χ1) is 9.45. The highest BCUT2D eigenvalue weighted by molar-refractivity contribution is 9.10. The largest absolute Gasteiger partial charge is 0.294 e. The Morgan fingerprint density at radius 2 is 1.90 bits per heavy atom. The van der Waals surface area contributed by atoms with Crippen LogP contribution < -0.4 is 0 Å². The number of fused-ring (bicyclic) bond motifs is 1. The summed E-state index contributed by atoms with van der Waals surface area (Å²) in [6, 6.07) is 12.0. The van der Waals surface area contributed by atoms with Gasteiger partial charge in [-0.25, -0.2) is 4.98 Å². The van der Waals surface area contributed by atoms with E-state index in [1.54, 1.807) is 6.07 Å². The standard InChI is InChI=1S/C13H8BrNO3S2/c14-10-6-5-8(20(16,17)18)7-9(10)13-15-11-3-1-2-4-12(11)19-13/h1-7H,(H,16,17,18). The first-order valence-electron chi connectivity index (χ1n) is 5.58. The van der Waals surface area contributed by atoms with E-state index < -0.39 is 10.1 Å². The first-order valence-corrected chi connectivity index (χ1v) is 8.63. The summed E-state index contributed by atoms with van der Waals surface area (Å²) >= 11 is 4.85. The molecule has 0 bridgehead atoms. The summed E-state index contributed by atoms with van der Waals surface area (Å²) in [6.45, 7) is 0. The van der Waals surface area contributed by atoms with Crippen LogP contribution in [-0.2, 0) is 10.1 Å². The van der Waals surface area contributed by atoms with Gasteiger partial charge in [-0.3, -0.25) is 4.55 Å². The number of hydrogen-bond acceptors (Lipinski definition) is 4. The van der Waals surface area contributed by atoms with Crippen molar-refractivity contribution in [1.82, 2.24) is 4.98 Å². The molecule has 0 fully saturated rings. The second kappa shape index (κ2) is 4.92. The summed E-state index contributed by atoms with van der Waals surface area (Å²) in [4.78, 5) is 4.34. The third kappa shape index (κ3) is 2.49. The van der Waals surface area contributed by atoms with E-state index in [-0.39, 0.29) is 4.90 Å². The fraction of sp³-hybridized carbons (Fsp3) is 0. The third-order valence-corrected chi connectivity index (χ3v) is 5.37. The molecule has 2 aromatic carbocycles. The van der Waals surface area contributed by atoms with Gasteiger partial charge in [-0.15, -0.1) is 11.3 Å². The molecule has 102 valence electrons. The smallest absolute Gasteiger partial charge is 0.282 e. The van der Waals surface area contributed by atoms with Crippen molar-refractivity contribution in [3.63, 3.8) is 0 Å². The molecule has 1 N–H and O–H groups in total. The average molecular weight is 370 g/mol. The molecule has 0 aliphatic carbocycles. The van der Waals surface area contributed by atoms with Gasteiger partial charge in [0.05, 0.1) is 15.1 Å². The number of aromatic nitrogens is 1. The molecular formula is C13H8BrNO3S2. The minimum Gasteiger partial charge on any atom is -0.282 e. The molecule has 0 aliphatic rings. The van der Waals surface area contributed by atoms with E-state index in [4.69, 9.17) is 4.55 Å². The monoisotopic (exact) mass is 369 g/mol. The number of rotatable bonds is 2. The summed E-state index contributed by atoms with van der Waals surface area (Å²) in [7, 11) is -4.22. The van der Waals surface area contributed by atoms with Gasteiger partial charge in [0.15, 0.2) is 0 Å². The lowest BCUT2D eigenvalue weighted by molar-refractivity contribution is 0.483. The van der Waals surface area contributed by atoms with Crippen LogP contribution in [0.2, 0.25) is 0 Å². The predicted octanol–water partition coefficient (Wildman–Crippen LogP) is 3.97. The Morgan fingerprint density at radius 1 is 1.15 bits per heavy atom. The molecule has 0 radical (unpaired) electrons. The van der Waals surface area contributed by atoms with Gasteiger partial charge in [0.1, 0.15) is 5.01 Å². The fourth-order valence-electron chi connectivity index (χ4n) is 1.82. The van der Waals surface area contributed by atoms with E-state index in [0.717, 1.165) is 14.7 Å². The SMILES string of the molecule is O=S(=O)(O)c1ccc(Br)c(-c2nc3ccccc3s2)c1. The second-order valence-corrected chi connectivity index (χ2v) is 7.41. The van der Waals surface area contributed by atoms with Crippen LogP contribution in [0.25, 0.3) is 20.8 Å². The highest BCUT2D eigenvalue weighted by Gasteiger charge is 2.15. The Kier molecular flexibility index (Phi) is 3.37. The van der Waals surface area contributed by atoms with Gasteiger partial charge >= 0.3 is 0 Å². The van der Waals surface area contributed by atoms with Gasteiger partial charge in [-0.1, -0.05) is 28.1 Å². The molecule has 3 aromatic rings. The summed E-state index contributed by atoms with van der Waals surface area (Å²) in [6.07, 6.45) is 0. The van der Waals surface area contributed by atoms with Crippen LogP contribution in [0, 0.1) is 0 Å². The van der Waals surface area contributed by atoms with Gasteiger partial charge < -0.3 is 0 Å². The molecule has 1 heterocycles. The number of thiazole rings is 1. The lowest BCUT2D eigenvalue weighted by Gasteiger charge is -2.03. The Labute approximate surface area is 128 Å². The Morgan fingerprint density at radius 3 is 2.60 bits per heavy atom. The number of nitrogens with zero attached hydrogens (tertiary/aromatic N) is 1. The minimum atomic E-state index is -4.22. The number of hydrogen-bond donors (Lipinski definition) is 1. The van der Waals surface area contributed by atoms with E-state index in [1.165, 1.54) is 23.5 Å². The molecule has 0 amide bonds. The van der Waals surface area contributed by atoms with Crippen LogP contribution in [0.1, 0.15) is 0 Å². The summed E-state index contributed by atoms with van der Waals surface area (Å²) < 4.78 is 33.3. The van der Waals surface area contributed by atoms with Crippen LogP contribution in [0.15, 0.2) is 51.8 Å². The van der Waals surface area contributed by atoms with Crippen molar-refractivity contribution in [2.24, 2.45) is 0 Å². The van der Waals surface area contributed by atoms with Crippen LogP contribution in [0.3, 0.4) is 0 Å². The molecule has 1 aromatic heterocycles. The minimum absolute atomic E-state index is 0.144. The molecule has 0 unspecified atom stereocenters. The average Bonchev–Trinajstić information content (AvgIpc) is 2.81. The van der Waals surface area contributed by atoms with E-state index in [2.05, 4.69) is 20.9 Å². The van der Waals surface area contributed by atoms with E-state index in [9.17, 15) is 8.42 Å². The van der Waals surface area contributed by atoms with Gasteiger partial charge in [0.25, 0.3) is 10.1 Å². The molecular weight excluding hydrogens is 362 g/mol. The Balaban J connectivity index is 2.23. The lowest BCUT2D eigenvalue weighted by atomic mass is 10.2. The number of para-hydroxylation sites is 1. The first kappa shape index (κ1) is 13.7. The topological polar surface area (TPSA) is 67.3 Å². The van der Waals surface area contributed by atoms with Gasteiger partial charge in [0, 0.05) is 10.0 Å². The van der Waals surface area contributed by atoms with Gasteiger partial charge in [0.2, 0.25) is 0 Å². The van der Waals surface area contributed by atoms with Crippen LogP contribution >= 0.6 is 27.3 Å². The Hall–Kier alpha value is -1.28. The normalized spacial score (nSPS) is 11.9. The molecule has 0 atom stereocenters. The number of halogens is 1. The van der Waals surface area contributed by atoms with Crippen molar-refractivity contribution in [1.29, 1.82) is 0 Å². The quantitative estimate of drug-likeness (QED) is 0.693. The summed E-state index contributed by atoms with van der Waals surface area (Å²) in [5, 5.41) is 0.698. The Bertz CT molecular complexity index is 870. The second-order valence-electron chi connectivity index (χ2n) is 4.10. The molecule has 20 heavy (non-hydrogen) atoms. The van der Waals surface area contributed by atoms with Crippen molar-refractivity contribution in [2.75, 3.05) is 0 Å². The predicted molar refractivity (Wildman–Crippen MR) is 82.6 cm³/mol. The summed E-state index contributed by atoms with van der Waals surface area (Å²) in [5.74, 6) is 0. The van der Waals surface area contributed by atoms with Crippen molar-refractivity contribution < 1.29 is 13.0 Å². The lowest BCUT2D eigenvalue weighted by Crippen LogP contribution is -1.98. The van der Waals surface area contributed by atoms with Crippen molar-refractivity contribution in [3.05, 3.63) is 46.9 Å². The van der Waals surface area contributed by atoms with Gasteiger partial charge in [-0.05, 0) is 30.3 Å². The van der Waals surface area contributed by atoms with Crippen molar-refractivity contribution in [3.8, 4) is 10.6 Å². The maximum Gasteiger partial charge on any atom is 0.294 e. The molecule has 0 saturated carbocycles. The van der Waals surface area contributed by atoms with Crippen LogP contribution in [0.4, 0.5) is 0 Å². The highest BCUT2D eigenvalue weighted by atomic mass is 79.9. The van der Waals surface area contributed by atoms with E-state index in [1.807, 2.05) is 24.3 Å². The molecule has 0 aliphatic heterocycles. The highest BCUT2D eigenvalue weighted by Crippen LogP contribution is 2.35.